The second-order valence-corrected chi connectivity index (χ2v) is 9.94. The number of aromatic nitrogens is 1. The number of hydrogen-bond donors (Lipinski definition) is 1. The first-order valence-corrected chi connectivity index (χ1v) is 12.8. The summed E-state index contributed by atoms with van der Waals surface area (Å²) < 4.78 is 20.2. The third-order valence-electron chi connectivity index (χ3n) is 6.61. The maximum Gasteiger partial charge on any atom is 0.326 e. The monoisotopic (exact) mass is 505 g/mol. The van der Waals surface area contributed by atoms with Crippen LogP contribution in [-0.4, -0.2) is 42.3 Å². The summed E-state index contributed by atoms with van der Waals surface area (Å²) >= 11 is 1.36. The van der Waals surface area contributed by atoms with E-state index in [1.807, 2.05) is 41.3 Å². The van der Waals surface area contributed by atoms with Crippen molar-refractivity contribution in [2.75, 3.05) is 30.0 Å². The van der Waals surface area contributed by atoms with Gasteiger partial charge in [0, 0.05) is 25.3 Å². The van der Waals surface area contributed by atoms with Crippen molar-refractivity contribution in [1.29, 1.82) is 0 Å². The first-order valence-electron chi connectivity index (χ1n) is 12.0. The molecular weight excluding hydrogens is 477 g/mol. The van der Waals surface area contributed by atoms with Crippen LogP contribution in [-0.2, 0) is 17.8 Å². The Morgan fingerprint density at radius 3 is 2.72 bits per heavy atom. The molecule has 3 aromatic carbocycles. The summed E-state index contributed by atoms with van der Waals surface area (Å²) in [6, 6.07) is 20.5. The first kappa shape index (κ1) is 24.1. The summed E-state index contributed by atoms with van der Waals surface area (Å²) in [4.78, 5) is 20.6. The molecule has 0 bridgehead atoms. The zero-order valence-electron chi connectivity index (χ0n) is 20.1. The second kappa shape index (κ2) is 10.5. The molecule has 1 N–H and O–H groups in total. The van der Waals surface area contributed by atoms with Crippen LogP contribution in [0, 0.1) is 5.82 Å². The van der Waals surface area contributed by atoms with Gasteiger partial charge in [0.25, 0.3) is 0 Å². The van der Waals surface area contributed by atoms with Crippen LogP contribution in [0.3, 0.4) is 0 Å². The van der Waals surface area contributed by atoms with E-state index in [1.165, 1.54) is 23.0 Å². The van der Waals surface area contributed by atoms with E-state index in [0.29, 0.717) is 29.7 Å². The zero-order valence-corrected chi connectivity index (χ0v) is 20.9. The smallest absolute Gasteiger partial charge is 0.326 e. The molecule has 1 aliphatic heterocycles. The van der Waals surface area contributed by atoms with Gasteiger partial charge in [-0.05, 0) is 66.8 Å². The van der Waals surface area contributed by atoms with Gasteiger partial charge < -0.3 is 19.6 Å². The zero-order chi connectivity index (χ0) is 25.1. The number of nitrogens with zero attached hydrogens (tertiary/aromatic N) is 3. The number of rotatable bonds is 9. The molecule has 1 atom stereocenters. The van der Waals surface area contributed by atoms with Crippen molar-refractivity contribution in [2.24, 2.45) is 0 Å². The molecule has 1 fully saturated rings. The van der Waals surface area contributed by atoms with E-state index in [1.54, 1.807) is 13.2 Å². The van der Waals surface area contributed by atoms with Gasteiger partial charge in [-0.1, -0.05) is 41.7 Å². The molecule has 1 aromatic heterocycles. The first-order chi connectivity index (χ1) is 17.5. The maximum absolute atomic E-state index is 14.4. The van der Waals surface area contributed by atoms with Crippen LogP contribution in [0.25, 0.3) is 10.2 Å². The van der Waals surface area contributed by atoms with Gasteiger partial charge in [-0.25, -0.2) is 14.2 Å². The lowest BCUT2D eigenvalue weighted by Gasteiger charge is -2.26. The predicted octanol–water partition coefficient (Wildman–Crippen LogP) is 5.75. The Morgan fingerprint density at radius 1 is 1.17 bits per heavy atom. The highest BCUT2D eigenvalue weighted by Gasteiger charge is 2.30. The summed E-state index contributed by atoms with van der Waals surface area (Å²) in [6.07, 6.45) is 2.31. The van der Waals surface area contributed by atoms with Crippen molar-refractivity contribution < 1.29 is 19.0 Å². The molecule has 36 heavy (non-hydrogen) atoms. The molecule has 1 saturated heterocycles. The van der Waals surface area contributed by atoms with Crippen LogP contribution in [0.5, 0.6) is 5.75 Å². The average Bonchev–Trinajstić information content (AvgIpc) is 3.56. The summed E-state index contributed by atoms with van der Waals surface area (Å²) in [5.41, 5.74) is 3.80. The third kappa shape index (κ3) is 5.14. The number of ether oxygens (including phenoxy) is 1. The Labute approximate surface area is 213 Å². The Kier molecular flexibility index (Phi) is 7.04. The van der Waals surface area contributed by atoms with Gasteiger partial charge in [-0.15, -0.1) is 0 Å². The van der Waals surface area contributed by atoms with Crippen LogP contribution in [0.1, 0.15) is 24.0 Å². The number of benzene rings is 3. The molecule has 2 heterocycles. The standard InChI is InChI=1S/C28H28FN3O3S/c1-35-22-12-10-19(11-13-22)14-16-31(28-30-24-8-3-7-23(29)26(24)36-28)18-20-5-2-6-21(17-20)32-15-4-9-25(32)27(33)34/h2-3,5-8,10-13,17,25H,4,9,14-16,18H2,1H3,(H,33,34)/t25-/m0/s1. The minimum Gasteiger partial charge on any atom is -0.497 e. The number of carbonyl (C=O) groups is 1. The lowest BCUT2D eigenvalue weighted by atomic mass is 10.1. The topological polar surface area (TPSA) is 65.9 Å². The third-order valence-corrected chi connectivity index (χ3v) is 7.75. The number of halogens is 1. The van der Waals surface area contributed by atoms with Crippen molar-refractivity contribution in [1.82, 2.24) is 4.98 Å². The SMILES string of the molecule is COc1ccc(CCN(Cc2cccc(N3CCC[C@H]3C(=O)O)c2)c2nc3cccc(F)c3s2)cc1. The molecule has 8 heteroatoms. The number of methoxy groups -OCH3 is 1. The maximum atomic E-state index is 14.4. The van der Waals surface area contributed by atoms with Crippen molar-refractivity contribution in [3.63, 3.8) is 0 Å². The summed E-state index contributed by atoms with van der Waals surface area (Å²) in [5, 5.41) is 10.4. The minimum atomic E-state index is -0.782. The van der Waals surface area contributed by atoms with Gasteiger partial charge in [0.05, 0.1) is 17.3 Å². The molecule has 0 unspecified atom stereocenters. The molecule has 6 nitrogen and oxygen atoms in total. The number of hydrogen-bond acceptors (Lipinski definition) is 6. The lowest BCUT2D eigenvalue weighted by molar-refractivity contribution is -0.138. The Balaban J connectivity index is 1.42. The van der Waals surface area contributed by atoms with Crippen LogP contribution in [0.2, 0.25) is 0 Å². The van der Waals surface area contributed by atoms with Gasteiger partial charge in [0.15, 0.2) is 5.13 Å². The molecule has 0 aliphatic carbocycles. The van der Waals surface area contributed by atoms with Crippen molar-refractivity contribution in [3.8, 4) is 5.75 Å². The number of carboxylic acids is 1. The molecular formula is C28H28FN3O3S. The summed E-state index contributed by atoms with van der Waals surface area (Å²) in [7, 11) is 1.65. The van der Waals surface area contributed by atoms with Gasteiger partial charge >= 0.3 is 5.97 Å². The number of anilines is 2. The highest BCUT2D eigenvalue weighted by molar-refractivity contribution is 7.22. The fourth-order valence-electron chi connectivity index (χ4n) is 4.72. The summed E-state index contributed by atoms with van der Waals surface area (Å²) in [5.74, 6) is -0.228. The minimum absolute atomic E-state index is 0.262. The molecule has 0 amide bonds. The quantitative estimate of drug-likeness (QED) is 0.313. The van der Waals surface area contributed by atoms with Gasteiger partial charge in [0.1, 0.15) is 17.6 Å². The fraction of sp³-hybridized carbons (Fsp3) is 0.286. The van der Waals surface area contributed by atoms with E-state index in [2.05, 4.69) is 23.1 Å². The second-order valence-electron chi connectivity index (χ2n) is 8.96. The lowest BCUT2D eigenvalue weighted by Crippen LogP contribution is -2.36. The van der Waals surface area contributed by atoms with E-state index in [9.17, 15) is 14.3 Å². The van der Waals surface area contributed by atoms with Crippen LogP contribution >= 0.6 is 11.3 Å². The van der Waals surface area contributed by atoms with Crippen LogP contribution in [0.15, 0.2) is 66.7 Å². The molecule has 0 spiro atoms. The van der Waals surface area contributed by atoms with Crippen molar-refractivity contribution >= 4 is 38.3 Å². The van der Waals surface area contributed by atoms with Crippen LogP contribution < -0.4 is 14.5 Å². The summed E-state index contributed by atoms with van der Waals surface area (Å²) in [6.45, 7) is 2.01. The highest BCUT2D eigenvalue weighted by atomic mass is 32.1. The molecule has 1 aliphatic rings. The largest absolute Gasteiger partial charge is 0.497 e. The highest BCUT2D eigenvalue weighted by Crippen LogP contribution is 2.33. The van der Waals surface area contributed by atoms with Gasteiger partial charge in [-0.2, -0.15) is 0 Å². The Bertz CT molecular complexity index is 1360. The Hall–Kier alpha value is -3.65. The number of aliphatic carboxylic acids is 1. The fourth-order valence-corrected chi connectivity index (χ4v) is 5.72. The number of thiazole rings is 1. The Morgan fingerprint density at radius 2 is 1.97 bits per heavy atom. The van der Waals surface area contributed by atoms with E-state index < -0.39 is 12.0 Å². The van der Waals surface area contributed by atoms with Gasteiger partial charge in [-0.3, -0.25) is 0 Å². The molecule has 0 radical (unpaired) electrons. The van der Waals surface area contributed by atoms with Crippen LogP contribution in [0.4, 0.5) is 15.2 Å². The molecule has 5 rings (SSSR count). The van der Waals surface area contributed by atoms with E-state index >= 15 is 0 Å². The van der Waals surface area contributed by atoms with Gasteiger partial charge in [0.2, 0.25) is 0 Å². The normalized spacial score (nSPS) is 15.4. The molecule has 4 aromatic rings. The average molecular weight is 506 g/mol. The van der Waals surface area contributed by atoms with E-state index in [0.717, 1.165) is 41.5 Å². The predicted molar refractivity (Wildman–Crippen MR) is 142 cm³/mol. The van der Waals surface area contributed by atoms with E-state index in [-0.39, 0.29) is 5.82 Å². The van der Waals surface area contributed by atoms with Crippen molar-refractivity contribution in [3.05, 3.63) is 83.7 Å². The number of carboxylic acid groups (broad SMARTS) is 1. The van der Waals surface area contributed by atoms with E-state index in [4.69, 9.17) is 9.72 Å². The molecule has 0 saturated carbocycles. The molecule has 186 valence electrons. The number of fused-ring (bicyclic) bond motifs is 1. The van der Waals surface area contributed by atoms with Crippen molar-refractivity contribution in [2.45, 2.75) is 31.8 Å².